The van der Waals surface area contributed by atoms with Crippen molar-refractivity contribution < 1.29 is 22.4 Å². The lowest BCUT2D eigenvalue weighted by molar-refractivity contribution is 0.262. The molecule has 4 rings (SSSR count). The van der Waals surface area contributed by atoms with Crippen LogP contribution >= 0.6 is 0 Å². The van der Waals surface area contributed by atoms with Crippen LogP contribution in [0.25, 0.3) is 22.3 Å². The van der Waals surface area contributed by atoms with E-state index in [0.717, 1.165) is 12.1 Å². The van der Waals surface area contributed by atoms with Gasteiger partial charge in [-0.3, -0.25) is 0 Å². The van der Waals surface area contributed by atoms with Crippen molar-refractivity contribution >= 4 is 17.4 Å². The maximum atomic E-state index is 13.9. The van der Waals surface area contributed by atoms with Crippen molar-refractivity contribution in [2.45, 2.75) is 0 Å². The van der Waals surface area contributed by atoms with E-state index < -0.39 is 29.3 Å². The molecule has 3 nitrogen and oxygen atoms in total. The minimum atomic E-state index is -0.743. The second kappa shape index (κ2) is 8.93. The molecule has 0 atom stereocenters. The zero-order valence-corrected chi connectivity index (χ0v) is 16.5. The summed E-state index contributed by atoms with van der Waals surface area (Å²) in [7, 11) is 0. The third-order valence-corrected chi connectivity index (χ3v) is 4.77. The molecule has 2 amide bonds. The fourth-order valence-electron chi connectivity index (χ4n) is 3.28. The highest BCUT2D eigenvalue weighted by molar-refractivity contribution is 6.04. The SMILES string of the molecule is O=C(Nc1cc(F)ccc1-c1ccc(F)cc1)Nc1cc(F)ccc1-c1ccc(F)cc1. The van der Waals surface area contributed by atoms with Crippen molar-refractivity contribution in [2.75, 3.05) is 10.6 Å². The Morgan fingerprint density at radius 1 is 0.500 bits per heavy atom. The van der Waals surface area contributed by atoms with Gasteiger partial charge < -0.3 is 10.6 Å². The molecule has 0 aliphatic carbocycles. The number of nitrogens with one attached hydrogen (secondary N) is 2. The zero-order valence-electron chi connectivity index (χ0n) is 16.5. The molecule has 0 aliphatic rings. The summed E-state index contributed by atoms with van der Waals surface area (Å²) >= 11 is 0. The maximum Gasteiger partial charge on any atom is 0.323 e. The van der Waals surface area contributed by atoms with Crippen LogP contribution in [0.5, 0.6) is 0 Å². The van der Waals surface area contributed by atoms with E-state index in [1.165, 1.54) is 72.8 Å². The predicted molar refractivity (Wildman–Crippen MR) is 116 cm³/mol. The van der Waals surface area contributed by atoms with Crippen molar-refractivity contribution in [2.24, 2.45) is 0 Å². The molecule has 0 bridgehead atoms. The summed E-state index contributed by atoms with van der Waals surface area (Å²) in [6, 6.07) is 17.9. The Kier molecular flexibility index (Phi) is 5.89. The van der Waals surface area contributed by atoms with Gasteiger partial charge in [0.15, 0.2) is 0 Å². The summed E-state index contributed by atoms with van der Waals surface area (Å²) in [4.78, 5) is 12.7. The van der Waals surface area contributed by atoms with Gasteiger partial charge in [-0.2, -0.15) is 0 Å². The molecular weight excluding hydrogens is 420 g/mol. The molecule has 7 heteroatoms. The van der Waals surface area contributed by atoms with Crippen molar-refractivity contribution in [3.8, 4) is 22.3 Å². The number of carbonyl (C=O) groups is 1. The summed E-state index contributed by atoms with van der Waals surface area (Å²) in [5.74, 6) is -2.02. The molecule has 2 N–H and O–H groups in total. The van der Waals surface area contributed by atoms with Gasteiger partial charge in [0.25, 0.3) is 0 Å². The molecule has 4 aromatic carbocycles. The molecule has 0 radical (unpaired) electrons. The fraction of sp³-hybridized carbons (Fsp3) is 0. The first-order valence-electron chi connectivity index (χ1n) is 9.58. The maximum absolute atomic E-state index is 13.9. The van der Waals surface area contributed by atoms with Gasteiger partial charge in [-0.1, -0.05) is 24.3 Å². The lowest BCUT2D eigenvalue weighted by Crippen LogP contribution is -2.20. The molecule has 0 unspecified atom stereocenters. The van der Waals surface area contributed by atoms with Gasteiger partial charge in [-0.15, -0.1) is 0 Å². The molecule has 0 aliphatic heterocycles. The highest BCUT2D eigenvalue weighted by atomic mass is 19.1. The Morgan fingerprint density at radius 3 is 1.22 bits per heavy atom. The molecule has 0 saturated carbocycles. The predicted octanol–water partition coefficient (Wildman–Crippen LogP) is 7.22. The summed E-state index contributed by atoms with van der Waals surface area (Å²) < 4.78 is 54.2. The van der Waals surface area contributed by atoms with E-state index in [-0.39, 0.29) is 11.4 Å². The molecular formula is C25H16F4N2O. The highest BCUT2D eigenvalue weighted by Crippen LogP contribution is 2.31. The second-order valence-corrected chi connectivity index (χ2v) is 6.97. The highest BCUT2D eigenvalue weighted by Gasteiger charge is 2.14. The van der Waals surface area contributed by atoms with E-state index in [4.69, 9.17) is 0 Å². The Morgan fingerprint density at radius 2 is 0.844 bits per heavy atom. The topological polar surface area (TPSA) is 41.1 Å². The van der Waals surface area contributed by atoms with E-state index in [1.807, 2.05) is 0 Å². The second-order valence-electron chi connectivity index (χ2n) is 6.97. The average Bonchev–Trinajstić information content (AvgIpc) is 2.76. The fourth-order valence-corrected chi connectivity index (χ4v) is 3.28. The van der Waals surface area contributed by atoms with Crippen LogP contribution in [0.15, 0.2) is 84.9 Å². The normalized spacial score (nSPS) is 10.6. The molecule has 0 spiro atoms. The van der Waals surface area contributed by atoms with Gasteiger partial charge in [0.2, 0.25) is 0 Å². The van der Waals surface area contributed by atoms with Crippen LogP contribution in [-0.2, 0) is 0 Å². The van der Waals surface area contributed by atoms with Crippen LogP contribution in [0.1, 0.15) is 0 Å². The first kappa shape index (κ1) is 21.1. The molecule has 4 aromatic rings. The van der Waals surface area contributed by atoms with Crippen molar-refractivity contribution in [3.63, 3.8) is 0 Å². The number of amides is 2. The first-order chi connectivity index (χ1) is 15.4. The Bertz CT molecular complexity index is 1170. The minimum absolute atomic E-state index is 0.147. The standard InChI is InChI=1S/C25H16F4N2O/c26-17-5-1-15(2-6-17)21-11-9-19(28)13-23(21)30-25(32)31-24-14-20(29)10-12-22(24)16-3-7-18(27)8-4-16/h1-14H,(H2,30,31,32). The van der Waals surface area contributed by atoms with Gasteiger partial charge in [0, 0.05) is 11.1 Å². The molecule has 0 saturated heterocycles. The largest absolute Gasteiger partial charge is 0.323 e. The smallest absolute Gasteiger partial charge is 0.307 e. The summed E-state index contributed by atoms with van der Waals surface area (Å²) in [5, 5.41) is 5.11. The first-order valence-corrected chi connectivity index (χ1v) is 9.58. The third-order valence-electron chi connectivity index (χ3n) is 4.77. The third kappa shape index (κ3) is 4.78. The van der Waals surface area contributed by atoms with Crippen LogP contribution in [-0.4, -0.2) is 6.03 Å². The number of halogens is 4. The van der Waals surface area contributed by atoms with Gasteiger partial charge in [-0.05, 0) is 71.8 Å². The van der Waals surface area contributed by atoms with Crippen LogP contribution < -0.4 is 10.6 Å². The Labute approximate surface area is 181 Å². The van der Waals surface area contributed by atoms with E-state index >= 15 is 0 Å². The minimum Gasteiger partial charge on any atom is -0.307 e. The lowest BCUT2D eigenvalue weighted by Gasteiger charge is -2.15. The van der Waals surface area contributed by atoms with Crippen LogP contribution in [0.3, 0.4) is 0 Å². The van der Waals surface area contributed by atoms with Gasteiger partial charge >= 0.3 is 6.03 Å². The average molecular weight is 436 g/mol. The Balaban J connectivity index is 1.63. The van der Waals surface area contributed by atoms with E-state index in [1.54, 1.807) is 0 Å². The monoisotopic (exact) mass is 436 g/mol. The number of hydrogen-bond donors (Lipinski definition) is 2. The number of carbonyl (C=O) groups excluding carboxylic acids is 1. The van der Waals surface area contributed by atoms with Crippen molar-refractivity contribution in [3.05, 3.63) is 108 Å². The van der Waals surface area contributed by atoms with Crippen LogP contribution in [0, 0.1) is 23.3 Å². The lowest BCUT2D eigenvalue weighted by atomic mass is 10.0. The summed E-state index contributed by atoms with van der Waals surface area (Å²) in [6.45, 7) is 0. The van der Waals surface area contributed by atoms with Gasteiger partial charge in [0.1, 0.15) is 23.3 Å². The van der Waals surface area contributed by atoms with Gasteiger partial charge in [-0.25, -0.2) is 22.4 Å². The molecule has 32 heavy (non-hydrogen) atoms. The van der Waals surface area contributed by atoms with E-state index in [9.17, 15) is 22.4 Å². The molecule has 0 fully saturated rings. The molecule has 0 heterocycles. The number of anilines is 2. The zero-order chi connectivity index (χ0) is 22.7. The number of hydrogen-bond acceptors (Lipinski definition) is 1. The van der Waals surface area contributed by atoms with Gasteiger partial charge in [0.05, 0.1) is 11.4 Å². The number of benzene rings is 4. The Hall–Kier alpha value is -4.13. The van der Waals surface area contributed by atoms with E-state index in [2.05, 4.69) is 10.6 Å². The quantitative estimate of drug-likeness (QED) is 0.326. The number of urea groups is 1. The summed E-state index contributed by atoms with van der Waals surface area (Å²) in [5.41, 5.74) is 2.38. The van der Waals surface area contributed by atoms with Crippen molar-refractivity contribution in [1.29, 1.82) is 0 Å². The number of rotatable bonds is 4. The molecule has 0 aromatic heterocycles. The molecule has 160 valence electrons. The summed E-state index contributed by atoms with van der Waals surface area (Å²) in [6.07, 6.45) is 0. The van der Waals surface area contributed by atoms with Crippen LogP contribution in [0.4, 0.5) is 33.7 Å². The van der Waals surface area contributed by atoms with E-state index in [0.29, 0.717) is 22.3 Å². The van der Waals surface area contributed by atoms with Crippen LogP contribution in [0.2, 0.25) is 0 Å². The van der Waals surface area contributed by atoms with Crippen molar-refractivity contribution in [1.82, 2.24) is 0 Å².